The van der Waals surface area contributed by atoms with Gasteiger partial charge in [0.05, 0.1) is 0 Å². The second-order valence-electron chi connectivity index (χ2n) is 16.9. The molecule has 0 radical (unpaired) electrons. The maximum Gasteiger partial charge on any atom is 0.164 e. The molecule has 9 aromatic rings. The van der Waals surface area contributed by atoms with E-state index in [0.717, 1.165) is 39.8 Å². The van der Waals surface area contributed by atoms with Crippen molar-refractivity contribution in [3.05, 3.63) is 215 Å². The second-order valence-corrected chi connectivity index (χ2v) is 16.9. The molecule has 7 aromatic carbocycles. The predicted octanol–water partition coefficient (Wildman–Crippen LogP) is 13.2. The Hall–Kier alpha value is -7.70. The van der Waals surface area contributed by atoms with E-state index in [1.165, 1.54) is 52.6 Å². The molecule has 2 aromatic heterocycles. The molecule has 300 valence electrons. The summed E-state index contributed by atoms with van der Waals surface area (Å²) in [5.41, 5.74) is 13.1. The Labute approximate surface area is 367 Å². The maximum atomic E-state index is 5.21. The van der Waals surface area contributed by atoms with Crippen molar-refractivity contribution in [3.8, 4) is 68.3 Å². The lowest BCUT2D eigenvalue weighted by Crippen LogP contribution is -2.38. The maximum absolute atomic E-state index is 5.21. The predicted molar refractivity (Wildman–Crippen MR) is 252 cm³/mol. The van der Waals surface area contributed by atoms with Crippen LogP contribution in [0.5, 0.6) is 0 Å². The molecule has 1 fully saturated rings. The average molecular weight is 811 g/mol. The number of fused-ring (bicyclic) bond motifs is 9. The summed E-state index contributed by atoms with van der Waals surface area (Å²) in [7, 11) is 0. The first-order valence-electron chi connectivity index (χ1n) is 22.0. The van der Waals surface area contributed by atoms with Gasteiger partial charge in [0.25, 0.3) is 0 Å². The highest BCUT2D eigenvalue weighted by Crippen LogP contribution is 2.64. The Balaban J connectivity index is 1.10. The van der Waals surface area contributed by atoms with Crippen molar-refractivity contribution in [3.63, 3.8) is 0 Å². The average Bonchev–Trinajstić information content (AvgIpc) is 3.58. The zero-order valence-corrected chi connectivity index (χ0v) is 34.6. The number of aromatic nitrogens is 6. The van der Waals surface area contributed by atoms with Crippen LogP contribution >= 0.6 is 0 Å². The fraction of sp³-hybridized carbons (Fsp3) is 0.123. The first-order chi connectivity index (χ1) is 31.2. The molecule has 3 aliphatic rings. The fourth-order valence-electron chi connectivity index (χ4n) is 10.7. The first kappa shape index (κ1) is 37.1. The normalized spacial score (nSPS) is 16.7. The number of rotatable bonds is 6. The van der Waals surface area contributed by atoms with Crippen LogP contribution in [0, 0.1) is 5.92 Å². The van der Waals surface area contributed by atoms with E-state index in [1.807, 2.05) is 72.8 Å². The van der Waals surface area contributed by atoms with Crippen molar-refractivity contribution >= 4 is 12.2 Å². The van der Waals surface area contributed by atoms with Crippen molar-refractivity contribution in [2.75, 3.05) is 0 Å². The van der Waals surface area contributed by atoms with E-state index in [9.17, 15) is 0 Å². The Morgan fingerprint density at radius 1 is 0.333 bits per heavy atom. The third-order valence-electron chi connectivity index (χ3n) is 13.4. The molecule has 0 amide bonds. The number of hydrogen-bond acceptors (Lipinski definition) is 6. The largest absolute Gasteiger partial charge is 0.208 e. The van der Waals surface area contributed by atoms with Crippen LogP contribution in [0.3, 0.4) is 0 Å². The van der Waals surface area contributed by atoms with Gasteiger partial charge in [0, 0.05) is 38.8 Å². The fourth-order valence-corrected chi connectivity index (χ4v) is 10.7. The van der Waals surface area contributed by atoms with Gasteiger partial charge in [-0.2, -0.15) is 0 Å². The van der Waals surface area contributed by atoms with E-state index in [2.05, 4.69) is 121 Å². The standard InChI is InChI=1S/C57H42N6/c1-5-17-39(18-6-1)51-58-52(40-19-7-2-8-20-40)61-55(60-51)43-33-31-37-29-30-38-32-34-44(56-62-53(41-21-9-3-10-22-41)59-54(63-56)42-23-11-4-12-24-42)36-50(38)57(49(37)35-43)47-27-15-13-25-45(47)46-26-14-16-28-48(46)57/h1-13,15,17-25,27,29-36,46,48H,14,16,26,28H2/t46-,48?/m1/s1. The van der Waals surface area contributed by atoms with Crippen molar-refractivity contribution in [2.45, 2.75) is 37.0 Å². The van der Waals surface area contributed by atoms with Gasteiger partial charge in [-0.3, -0.25) is 0 Å². The van der Waals surface area contributed by atoms with Crippen LogP contribution in [0.25, 0.3) is 80.5 Å². The third-order valence-corrected chi connectivity index (χ3v) is 13.4. The molecular formula is C57H42N6. The van der Waals surface area contributed by atoms with Gasteiger partial charge in [-0.25, -0.2) is 29.9 Å². The smallest absolute Gasteiger partial charge is 0.164 e. The number of benzene rings is 7. The molecular weight excluding hydrogens is 769 g/mol. The Morgan fingerprint density at radius 2 is 0.698 bits per heavy atom. The van der Waals surface area contributed by atoms with Gasteiger partial charge in [0.15, 0.2) is 34.9 Å². The molecule has 2 atom stereocenters. The van der Waals surface area contributed by atoms with Gasteiger partial charge in [-0.15, -0.1) is 0 Å². The molecule has 3 aliphatic carbocycles. The highest BCUT2D eigenvalue weighted by molar-refractivity contribution is 5.84. The van der Waals surface area contributed by atoms with Gasteiger partial charge < -0.3 is 0 Å². The highest BCUT2D eigenvalue weighted by atomic mass is 15.0. The van der Waals surface area contributed by atoms with E-state index in [1.54, 1.807) is 0 Å². The molecule has 63 heavy (non-hydrogen) atoms. The lowest BCUT2D eigenvalue weighted by molar-refractivity contribution is 0.262. The van der Waals surface area contributed by atoms with Crippen LogP contribution in [-0.2, 0) is 5.41 Å². The molecule has 12 rings (SSSR count). The molecule has 2 heterocycles. The van der Waals surface area contributed by atoms with E-state index in [0.29, 0.717) is 46.8 Å². The minimum Gasteiger partial charge on any atom is -0.208 e. The van der Waals surface area contributed by atoms with Gasteiger partial charge in [0.1, 0.15) is 0 Å². The third kappa shape index (κ3) is 6.32. The molecule has 6 nitrogen and oxygen atoms in total. The second kappa shape index (κ2) is 15.3. The van der Waals surface area contributed by atoms with Crippen molar-refractivity contribution in [2.24, 2.45) is 5.92 Å². The zero-order valence-electron chi connectivity index (χ0n) is 34.6. The number of nitrogens with zero attached hydrogens (tertiary/aromatic N) is 6. The van der Waals surface area contributed by atoms with Crippen LogP contribution in [0.2, 0.25) is 0 Å². The molecule has 0 saturated heterocycles. The summed E-state index contributed by atoms with van der Waals surface area (Å²) in [6.07, 6.45) is 9.34. The Kier molecular flexibility index (Phi) is 9.03. The van der Waals surface area contributed by atoms with Crippen molar-refractivity contribution in [1.29, 1.82) is 0 Å². The molecule has 0 N–H and O–H groups in total. The Bertz CT molecular complexity index is 2890. The minimum atomic E-state index is -0.475. The summed E-state index contributed by atoms with van der Waals surface area (Å²) in [6, 6.07) is 63.9. The first-order valence-corrected chi connectivity index (χ1v) is 22.0. The lowest BCUT2D eigenvalue weighted by atomic mass is 9.59. The van der Waals surface area contributed by atoms with Crippen LogP contribution in [0.1, 0.15) is 65.0 Å². The van der Waals surface area contributed by atoms with Crippen LogP contribution in [-0.4, -0.2) is 29.9 Å². The summed E-state index contributed by atoms with van der Waals surface area (Å²) in [6.45, 7) is 0. The van der Waals surface area contributed by atoms with Crippen LogP contribution in [0.4, 0.5) is 0 Å². The van der Waals surface area contributed by atoms with Gasteiger partial charge >= 0.3 is 0 Å². The Morgan fingerprint density at radius 3 is 1.13 bits per heavy atom. The summed E-state index contributed by atoms with van der Waals surface area (Å²) in [5.74, 6) is 4.68. The van der Waals surface area contributed by atoms with E-state index in [4.69, 9.17) is 29.9 Å². The van der Waals surface area contributed by atoms with Crippen molar-refractivity contribution < 1.29 is 0 Å². The molecule has 0 bridgehead atoms. The quantitative estimate of drug-likeness (QED) is 0.166. The van der Waals surface area contributed by atoms with Crippen LogP contribution < -0.4 is 0 Å². The van der Waals surface area contributed by atoms with Crippen molar-refractivity contribution in [1.82, 2.24) is 29.9 Å². The van der Waals surface area contributed by atoms with Gasteiger partial charge in [0.2, 0.25) is 0 Å². The van der Waals surface area contributed by atoms with E-state index >= 15 is 0 Å². The highest BCUT2D eigenvalue weighted by Gasteiger charge is 2.56. The molecule has 6 heteroatoms. The molecule has 0 aliphatic heterocycles. The summed E-state index contributed by atoms with van der Waals surface area (Å²) in [4.78, 5) is 30.9. The van der Waals surface area contributed by atoms with E-state index < -0.39 is 5.41 Å². The molecule has 1 unspecified atom stereocenters. The molecule has 1 saturated carbocycles. The van der Waals surface area contributed by atoms with Gasteiger partial charge in [-0.1, -0.05) is 195 Å². The zero-order chi connectivity index (χ0) is 41.7. The summed E-state index contributed by atoms with van der Waals surface area (Å²) in [5, 5.41) is 0. The summed E-state index contributed by atoms with van der Waals surface area (Å²) < 4.78 is 0. The lowest BCUT2D eigenvalue weighted by Gasteiger charge is -2.43. The van der Waals surface area contributed by atoms with E-state index in [-0.39, 0.29) is 0 Å². The topological polar surface area (TPSA) is 77.3 Å². The minimum absolute atomic E-state index is 0.336. The molecule has 1 spiro atoms. The SMILES string of the molecule is C1=Cc2ccc(-c3nc(-c4ccccc4)nc(-c4ccccc4)n3)cc2C2(c3cc(-c4nc(-c5ccccc5)nc(-c5ccccc5)n4)ccc31)c1ccccc1[C@H]1CCCCC12. The van der Waals surface area contributed by atoms with Crippen LogP contribution in [0.15, 0.2) is 182 Å². The monoisotopic (exact) mass is 810 g/mol. The van der Waals surface area contributed by atoms with Gasteiger partial charge in [-0.05, 0) is 70.2 Å². The number of hydrogen-bond donors (Lipinski definition) is 0. The summed E-state index contributed by atoms with van der Waals surface area (Å²) >= 11 is 0.